The highest BCUT2D eigenvalue weighted by molar-refractivity contribution is 9.10. The van der Waals surface area contributed by atoms with Crippen LogP contribution in [0, 0.1) is 0 Å². The molecule has 5 rings (SSSR count). The van der Waals surface area contributed by atoms with E-state index in [0.29, 0.717) is 37.7 Å². The van der Waals surface area contributed by atoms with E-state index in [1.54, 1.807) is 12.1 Å². The summed E-state index contributed by atoms with van der Waals surface area (Å²) < 4.78 is 12.1. The zero-order valence-corrected chi connectivity index (χ0v) is 21.0. The Labute approximate surface area is 213 Å². The van der Waals surface area contributed by atoms with Gasteiger partial charge in [0.25, 0.3) is 0 Å². The van der Waals surface area contributed by atoms with Crippen LogP contribution in [0.4, 0.5) is 5.69 Å². The maximum atomic E-state index is 10.2. The molecule has 3 aromatic carbocycles. The lowest BCUT2D eigenvalue weighted by Gasteiger charge is -2.20. The second-order valence-corrected chi connectivity index (χ2v) is 9.57. The van der Waals surface area contributed by atoms with Crippen LogP contribution < -0.4 is 14.8 Å². The summed E-state index contributed by atoms with van der Waals surface area (Å²) >= 11 is 11.1. The topological polar surface area (TPSA) is 89.4 Å². The monoisotopic (exact) mass is 556 g/mol. The van der Waals surface area contributed by atoms with Gasteiger partial charge in [-0.05, 0) is 45.8 Å². The maximum Gasteiger partial charge on any atom is 0.247 e. The van der Waals surface area contributed by atoms with Crippen molar-refractivity contribution in [3.8, 4) is 28.6 Å². The first kappa shape index (κ1) is 22.8. The number of thioether (sulfide) groups is 1. The Morgan fingerprint density at radius 2 is 1.94 bits per heavy atom. The van der Waals surface area contributed by atoms with Crippen molar-refractivity contribution in [2.24, 2.45) is 0 Å². The number of hydrogen-bond acceptors (Lipinski definition) is 8. The third kappa shape index (κ3) is 4.51. The van der Waals surface area contributed by atoms with Crippen molar-refractivity contribution in [3.63, 3.8) is 0 Å². The van der Waals surface area contributed by atoms with Gasteiger partial charge in [-0.3, -0.25) is 0 Å². The van der Waals surface area contributed by atoms with E-state index < -0.39 is 6.23 Å². The number of ether oxygens (including phenoxy) is 2. The average molecular weight is 558 g/mol. The summed E-state index contributed by atoms with van der Waals surface area (Å²) in [5, 5.41) is 23.5. The lowest BCUT2D eigenvalue weighted by atomic mass is 10.1. The fourth-order valence-corrected chi connectivity index (χ4v) is 5.04. The number of benzene rings is 3. The number of phenols is 1. The molecule has 0 radical (unpaired) electrons. The second-order valence-electron chi connectivity index (χ2n) is 7.37. The molecule has 0 bridgehead atoms. The highest BCUT2D eigenvalue weighted by atomic mass is 79.9. The largest absolute Gasteiger partial charge is 0.503 e. The molecule has 0 unspecified atom stereocenters. The Kier molecular flexibility index (Phi) is 6.49. The molecule has 1 aliphatic heterocycles. The predicted molar refractivity (Wildman–Crippen MR) is 136 cm³/mol. The highest BCUT2D eigenvalue weighted by Crippen LogP contribution is 2.42. The molecule has 1 aliphatic rings. The van der Waals surface area contributed by atoms with Crippen LogP contribution in [-0.2, 0) is 5.75 Å². The molecule has 0 spiro atoms. The van der Waals surface area contributed by atoms with Crippen LogP contribution in [0.25, 0.3) is 11.3 Å². The summed E-state index contributed by atoms with van der Waals surface area (Å²) in [4.78, 5) is 4.67. The van der Waals surface area contributed by atoms with E-state index in [-0.39, 0.29) is 5.75 Å². The fraction of sp³-hybridized carbons (Fsp3) is 0.125. The maximum absolute atomic E-state index is 10.2. The van der Waals surface area contributed by atoms with Crippen molar-refractivity contribution in [3.05, 3.63) is 81.3 Å². The zero-order chi connectivity index (χ0) is 23.7. The van der Waals surface area contributed by atoms with Crippen molar-refractivity contribution in [1.29, 1.82) is 0 Å². The normalized spacial score (nSPS) is 14.3. The van der Waals surface area contributed by atoms with Crippen LogP contribution in [0.15, 0.2) is 70.3 Å². The van der Waals surface area contributed by atoms with Gasteiger partial charge in [0.15, 0.2) is 23.4 Å². The number of methoxy groups -OCH3 is 1. The Hall–Kier alpha value is -3.01. The Morgan fingerprint density at radius 1 is 1.15 bits per heavy atom. The number of phenolic OH excluding ortho intramolecular Hbond substituents is 1. The summed E-state index contributed by atoms with van der Waals surface area (Å²) in [5.41, 5.74) is 3.90. The summed E-state index contributed by atoms with van der Waals surface area (Å²) in [5.74, 6) is 1.29. The van der Waals surface area contributed by atoms with E-state index >= 15 is 0 Å². The molecule has 0 fully saturated rings. The molecule has 7 nitrogen and oxygen atoms in total. The standard InChI is InChI=1S/C24H18BrClN4O3S/c1-32-19-11-14(10-16(25)21(19)31)22-27-18-9-5-3-7-15(18)20-23(33-22)28-24(30-29-20)34-12-13-6-2-4-8-17(13)26/h2-11,22,27,31H,12H2,1H3/t22-/m1/s1. The number of fused-ring (bicyclic) bond motifs is 3. The third-order valence-electron chi connectivity index (χ3n) is 5.22. The number of nitrogens with one attached hydrogen (secondary N) is 1. The van der Waals surface area contributed by atoms with E-state index in [0.717, 1.165) is 22.4 Å². The van der Waals surface area contributed by atoms with Gasteiger partial charge in [0.05, 0.1) is 11.6 Å². The van der Waals surface area contributed by atoms with Crippen LogP contribution in [0.2, 0.25) is 5.02 Å². The number of nitrogens with zero attached hydrogens (tertiary/aromatic N) is 3. The SMILES string of the molecule is COc1cc([C@@H]2Nc3ccccc3-c3nnc(SCc4ccccc4Cl)nc3O2)cc(Br)c1O. The zero-order valence-electron chi connectivity index (χ0n) is 17.8. The number of aromatic nitrogens is 3. The van der Waals surface area contributed by atoms with Crippen molar-refractivity contribution >= 4 is 45.0 Å². The van der Waals surface area contributed by atoms with E-state index in [1.807, 2.05) is 48.5 Å². The van der Waals surface area contributed by atoms with E-state index in [9.17, 15) is 5.11 Å². The third-order valence-corrected chi connectivity index (χ3v) is 7.08. The molecular weight excluding hydrogens is 540 g/mol. The summed E-state index contributed by atoms with van der Waals surface area (Å²) in [6.07, 6.45) is -0.619. The molecule has 2 heterocycles. The smallest absolute Gasteiger partial charge is 0.247 e. The lowest BCUT2D eigenvalue weighted by Crippen LogP contribution is -2.17. The predicted octanol–water partition coefficient (Wildman–Crippen LogP) is 6.46. The van der Waals surface area contributed by atoms with Gasteiger partial charge in [-0.15, -0.1) is 10.2 Å². The summed E-state index contributed by atoms with van der Waals surface area (Å²) in [6.45, 7) is 0. The number of halogens is 2. The van der Waals surface area contributed by atoms with Gasteiger partial charge in [0, 0.05) is 27.6 Å². The van der Waals surface area contributed by atoms with Crippen molar-refractivity contribution in [1.82, 2.24) is 15.2 Å². The summed E-state index contributed by atoms with van der Waals surface area (Å²) in [7, 11) is 1.50. The molecule has 34 heavy (non-hydrogen) atoms. The number of hydrogen-bond donors (Lipinski definition) is 2. The molecule has 1 atom stereocenters. The Balaban J connectivity index is 1.52. The first-order valence-electron chi connectivity index (χ1n) is 10.2. The Morgan fingerprint density at radius 3 is 2.76 bits per heavy atom. The Bertz CT molecular complexity index is 1370. The van der Waals surface area contributed by atoms with Gasteiger partial charge in [0.1, 0.15) is 0 Å². The van der Waals surface area contributed by atoms with E-state index in [1.165, 1.54) is 18.9 Å². The van der Waals surface area contributed by atoms with Crippen LogP contribution >= 0.6 is 39.3 Å². The molecule has 4 aromatic rings. The van der Waals surface area contributed by atoms with Gasteiger partial charge >= 0.3 is 0 Å². The molecule has 1 aromatic heterocycles. The fourth-order valence-electron chi connectivity index (χ4n) is 3.52. The molecule has 0 saturated carbocycles. The molecule has 0 aliphatic carbocycles. The van der Waals surface area contributed by atoms with E-state index in [4.69, 9.17) is 21.1 Å². The van der Waals surface area contributed by atoms with Gasteiger partial charge in [-0.1, -0.05) is 59.8 Å². The minimum Gasteiger partial charge on any atom is -0.503 e. The average Bonchev–Trinajstić information content (AvgIpc) is 3.01. The molecule has 10 heteroatoms. The molecule has 2 N–H and O–H groups in total. The molecule has 0 amide bonds. The molecule has 172 valence electrons. The van der Waals surface area contributed by atoms with Gasteiger partial charge in [0.2, 0.25) is 11.0 Å². The minimum atomic E-state index is -0.619. The van der Waals surface area contributed by atoms with Gasteiger partial charge in [-0.2, -0.15) is 4.98 Å². The van der Waals surface area contributed by atoms with E-state index in [2.05, 4.69) is 36.4 Å². The lowest BCUT2D eigenvalue weighted by molar-refractivity contribution is 0.224. The molecule has 0 saturated heterocycles. The summed E-state index contributed by atoms with van der Waals surface area (Å²) in [6, 6.07) is 18.9. The first-order chi connectivity index (χ1) is 16.5. The van der Waals surface area contributed by atoms with Crippen LogP contribution in [-0.4, -0.2) is 27.4 Å². The quantitative estimate of drug-likeness (QED) is 0.270. The number of aromatic hydroxyl groups is 1. The van der Waals surface area contributed by atoms with Gasteiger partial charge in [-0.25, -0.2) is 0 Å². The van der Waals surface area contributed by atoms with Gasteiger partial charge < -0.3 is 19.9 Å². The van der Waals surface area contributed by atoms with Crippen LogP contribution in [0.3, 0.4) is 0 Å². The highest BCUT2D eigenvalue weighted by Gasteiger charge is 2.27. The minimum absolute atomic E-state index is 0.0166. The number of rotatable bonds is 5. The van der Waals surface area contributed by atoms with Crippen LogP contribution in [0.5, 0.6) is 17.4 Å². The van der Waals surface area contributed by atoms with Crippen LogP contribution in [0.1, 0.15) is 17.4 Å². The van der Waals surface area contributed by atoms with Crippen molar-refractivity contribution in [2.75, 3.05) is 12.4 Å². The first-order valence-corrected chi connectivity index (χ1v) is 12.4. The van der Waals surface area contributed by atoms with Crippen molar-refractivity contribution < 1.29 is 14.6 Å². The molecular formula is C24H18BrClN4O3S. The second kappa shape index (κ2) is 9.69. The van der Waals surface area contributed by atoms with Crippen molar-refractivity contribution in [2.45, 2.75) is 17.1 Å². The number of anilines is 1. The number of para-hydroxylation sites is 1.